The fourth-order valence-corrected chi connectivity index (χ4v) is 3.19. The molecule has 1 amide bonds. The van der Waals surface area contributed by atoms with Crippen LogP contribution >= 0.6 is 0 Å². The minimum Gasteiger partial charge on any atom is -0.476 e. The summed E-state index contributed by atoms with van der Waals surface area (Å²) in [6, 6.07) is 1.70. The molecule has 2 rings (SSSR count). The molecule has 0 aliphatic carbocycles. The van der Waals surface area contributed by atoms with Gasteiger partial charge in [-0.25, -0.2) is 9.78 Å². The molecule has 1 saturated heterocycles. The van der Waals surface area contributed by atoms with E-state index in [2.05, 4.69) is 38.9 Å². The lowest BCUT2D eigenvalue weighted by atomic mass is 10.2. The van der Waals surface area contributed by atoms with Gasteiger partial charge < -0.3 is 35.1 Å². The summed E-state index contributed by atoms with van der Waals surface area (Å²) in [6.07, 6.45) is 0.536. The van der Waals surface area contributed by atoms with E-state index in [1.54, 1.807) is 7.05 Å². The van der Waals surface area contributed by atoms with Gasteiger partial charge in [0, 0.05) is 32.2 Å². The number of hydrogen-bond acceptors (Lipinski definition) is 9. The second kappa shape index (κ2) is 10.5. The number of carbonyl (C=O) groups excluding carboxylic acids is 1. The number of nitrogens with zero attached hydrogens (tertiary/aromatic N) is 6. The summed E-state index contributed by atoms with van der Waals surface area (Å²) in [5.41, 5.74) is 5.49. The summed E-state index contributed by atoms with van der Waals surface area (Å²) in [4.78, 5) is 26.9. The predicted octanol–water partition coefficient (Wildman–Crippen LogP) is 1.35. The van der Waals surface area contributed by atoms with E-state index in [0.717, 1.165) is 26.1 Å². The van der Waals surface area contributed by atoms with Crippen molar-refractivity contribution in [3.63, 3.8) is 0 Å². The molecule has 0 aromatic carbocycles. The van der Waals surface area contributed by atoms with Crippen molar-refractivity contribution < 1.29 is 19.5 Å². The first-order chi connectivity index (χ1) is 14.5. The Bertz CT molecular complexity index is 781. The van der Waals surface area contributed by atoms with Crippen molar-refractivity contribution in [3.8, 4) is 5.88 Å². The molecule has 0 bridgehead atoms. The van der Waals surface area contributed by atoms with E-state index in [4.69, 9.17) is 20.4 Å². The molecule has 2 heterocycles. The van der Waals surface area contributed by atoms with Gasteiger partial charge in [-0.15, -0.1) is 0 Å². The lowest BCUT2D eigenvalue weighted by Crippen LogP contribution is -2.39. The molecule has 1 aromatic rings. The average Bonchev–Trinajstić information content (AvgIpc) is 2.85. The summed E-state index contributed by atoms with van der Waals surface area (Å²) >= 11 is 0. The Kier molecular flexibility index (Phi) is 8.26. The molecule has 1 aromatic heterocycles. The first-order valence-corrected chi connectivity index (χ1v) is 10.4. The van der Waals surface area contributed by atoms with Gasteiger partial charge in [0.2, 0.25) is 11.8 Å². The number of ether oxygens (including phenoxy) is 2. The molecule has 0 radical (unpaired) electrons. The smallest absolute Gasteiger partial charge is 0.410 e. The second-order valence-electron chi connectivity index (χ2n) is 8.79. The topological polar surface area (TPSA) is 130 Å². The molecular weight excluding hydrogens is 402 g/mol. The molecule has 3 N–H and O–H groups in total. The fourth-order valence-electron chi connectivity index (χ4n) is 3.19. The van der Waals surface area contributed by atoms with Gasteiger partial charge in [-0.1, -0.05) is 5.16 Å². The molecule has 1 fully saturated rings. The maximum Gasteiger partial charge on any atom is 0.410 e. The van der Waals surface area contributed by atoms with Crippen LogP contribution in [-0.2, 0) is 4.74 Å². The van der Waals surface area contributed by atoms with Crippen LogP contribution < -0.4 is 15.4 Å². The van der Waals surface area contributed by atoms with E-state index in [9.17, 15) is 4.79 Å². The van der Waals surface area contributed by atoms with E-state index in [-0.39, 0.29) is 30.1 Å². The highest BCUT2D eigenvalue weighted by Crippen LogP contribution is 2.20. The number of anilines is 1. The first-order valence-electron chi connectivity index (χ1n) is 10.4. The van der Waals surface area contributed by atoms with E-state index in [1.165, 1.54) is 11.0 Å². The number of rotatable bonds is 6. The van der Waals surface area contributed by atoms with Gasteiger partial charge >= 0.3 is 6.09 Å². The Morgan fingerprint density at radius 2 is 2.10 bits per heavy atom. The highest BCUT2D eigenvalue weighted by atomic mass is 16.6. The number of likely N-dealkylation sites (N-methyl/N-ethyl adjacent to an activating group) is 2. The molecule has 0 spiro atoms. The maximum absolute atomic E-state index is 12.1. The van der Waals surface area contributed by atoms with Crippen LogP contribution in [0, 0.1) is 0 Å². The molecule has 11 nitrogen and oxygen atoms in total. The van der Waals surface area contributed by atoms with Crippen LogP contribution in [0.4, 0.5) is 10.7 Å². The average molecular weight is 438 g/mol. The minimum absolute atomic E-state index is 0.126. The minimum atomic E-state index is -0.568. The van der Waals surface area contributed by atoms with Crippen LogP contribution in [0.5, 0.6) is 5.88 Å². The van der Waals surface area contributed by atoms with Crippen LogP contribution in [0.15, 0.2) is 11.2 Å². The van der Waals surface area contributed by atoms with Crippen molar-refractivity contribution in [2.45, 2.75) is 45.8 Å². The standard InChI is InChI=1S/C20H35N7O4/c1-14-13-25(5)8-7-9-27(14)18-22-15(17(21)24-29)12-16(23-18)30-11-10-26(6)19(28)31-20(2,3)4/h12,14,29H,7-11,13H2,1-6H3,(H2,21,24)/t14-/m0/s1. The number of nitrogens with two attached hydrogens (primary N) is 1. The highest BCUT2D eigenvalue weighted by molar-refractivity contribution is 5.95. The third kappa shape index (κ3) is 7.42. The SMILES string of the molecule is C[C@H]1CN(C)CCCN1c1nc(OCCN(C)C(=O)OC(C)(C)C)cc(/C(N)=N/O)n1. The quantitative estimate of drug-likeness (QED) is 0.293. The summed E-state index contributed by atoms with van der Waals surface area (Å²) in [5, 5.41) is 12.2. The maximum atomic E-state index is 12.1. The molecular formula is C20H35N7O4. The number of oxime groups is 1. The van der Waals surface area contributed by atoms with Gasteiger partial charge in [0.05, 0.1) is 6.54 Å². The lowest BCUT2D eigenvalue weighted by Gasteiger charge is -2.28. The summed E-state index contributed by atoms with van der Waals surface area (Å²) < 4.78 is 11.1. The molecule has 11 heteroatoms. The largest absolute Gasteiger partial charge is 0.476 e. The fraction of sp³-hybridized carbons (Fsp3) is 0.700. The van der Waals surface area contributed by atoms with Gasteiger partial charge in [-0.3, -0.25) is 0 Å². The molecule has 174 valence electrons. The van der Waals surface area contributed by atoms with E-state index < -0.39 is 11.7 Å². The Balaban J connectivity index is 2.14. The summed E-state index contributed by atoms with van der Waals surface area (Å²) in [7, 11) is 3.73. The second-order valence-corrected chi connectivity index (χ2v) is 8.79. The Hall–Kier alpha value is -2.82. The molecule has 0 saturated carbocycles. The van der Waals surface area contributed by atoms with Crippen molar-refractivity contribution in [2.75, 3.05) is 51.8 Å². The first kappa shape index (κ1) is 24.4. The Morgan fingerprint density at radius 1 is 1.39 bits per heavy atom. The van der Waals surface area contributed by atoms with Crippen molar-refractivity contribution >= 4 is 17.9 Å². The number of aromatic nitrogens is 2. The van der Waals surface area contributed by atoms with Crippen molar-refractivity contribution in [1.82, 2.24) is 19.8 Å². The highest BCUT2D eigenvalue weighted by Gasteiger charge is 2.24. The summed E-state index contributed by atoms with van der Waals surface area (Å²) in [6.45, 7) is 10.7. The Morgan fingerprint density at radius 3 is 2.74 bits per heavy atom. The lowest BCUT2D eigenvalue weighted by molar-refractivity contribution is 0.0277. The van der Waals surface area contributed by atoms with Crippen molar-refractivity contribution in [1.29, 1.82) is 0 Å². The predicted molar refractivity (Wildman–Crippen MR) is 118 cm³/mol. The van der Waals surface area contributed by atoms with Crippen LogP contribution in [0.3, 0.4) is 0 Å². The van der Waals surface area contributed by atoms with Crippen molar-refractivity contribution in [3.05, 3.63) is 11.8 Å². The molecule has 1 aliphatic rings. The number of carbonyl (C=O) groups is 1. The van der Waals surface area contributed by atoms with Crippen LogP contribution in [0.25, 0.3) is 0 Å². The van der Waals surface area contributed by atoms with Gasteiger partial charge in [-0.2, -0.15) is 4.98 Å². The van der Waals surface area contributed by atoms with Crippen LogP contribution in [0.1, 0.15) is 39.8 Å². The summed E-state index contributed by atoms with van der Waals surface area (Å²) in [5.74, 6) is 0.621. The van der Waals surface area contributed by atoms with Gasteiger partial charge in [0.15, 0.2) is 5.84 Å². The van der Waals surface area contributed by atoms with E-state index >= 15 is 0 Å². The van der Waals surface area contributed by atoms with Gasteiger partial charge in [0.25, 0.3) is 0 Å². The molecule has 31 heavy (non-hydrogen) atoms. The Labute approximate surface area is 183 Å². The third-order valence-corrected chi connectivity index (χ3v) is 4.75. The molecule has 1 aliphatic heterocycles. The zero-order valence-corrected chi connectivity index (χ0v) is 19.3. The number of hydrogen-bond donors (Lipinski definition) is 2. The molecule has 0 unspecified atom stereocenters. The van der Waals surface area contributed by atoms with Gasteiger partial charge in [0.1, 0.15) is 17.9 Å². The zero-order chi connectivity index (χ0) is 23.2. The van der Waals surface area contributed by atoms with E-state index in [0.29, 0.717) is 12.5 Å². The van der Waals surface area contributed by atoms with Crippen molar-refractivity contribution in [2.24, 2.45) is 10.9 Å². The van der Waals surface area contributed by atoms with Gasteiger partial charge in [-0.05, 0) is 47.7 Å². The number of amidine groups is 1. The van der Waals surface area contributed by atoms with Crippen LogP contribution in [0.2, 0.25) is 0 Å². The third-order valence-electron chi connectivity index (χ3n) is 4.75. The normalized spacial score (nSPS) is 18.5. The molecule has 1 atom stereocenters. The van der Waals surface area contributed by atoms with Crippen LogP contribution in [-0.4, -0.2) is 95.4 Å². The monoisotopic (exact) mass is 437 g/mol. The number of amides is 1. The van der Waals surface area contributed by atoms with E-state index in [1.807, 2.05) is 20.8 Å². The zero-order valence-electron chi connectivity index (χ0n) is 19.3.